The van der Waals surface area contributed by atoms with Crippen molar-refractivity contribution in [2.75, 3.05) is 24.9 Å². The second-order valence-electron chi connectivity index (χ2n) is 5.56. The molecule has 28 heavy (non-hydrogen) atoms. The first kappa shape index (κ1) is 20.9. The topological polar surface area (TPSA) is 111 Å². The Kier molecular flexibility index (Phi) is 6.73. The predicted molar refractivity (Wildman–Crippen MR) is 103 cm³/mol. The van der Waals surface area contributed by atoms with E-state index >= 15 is 0 Å². The first-order valence-corrected chi connectivity index (χ1v) is 8.34. The van der Waals surface area contributed by atoms with E-state index in [1.807, 2.05) is 0 Å². The molecule has 0 bridgehead atoms. The number of hydrogen-bond acceptors (Lipinski definition) is 6. The number of nitrogens with one attached hydrogen (secondary N) is 2. The zero-order chi connectivity index (χ0) is 20.8. The lowest BCUT2D eigenvalue weighted by Crippen LogP contribution is -2.30. The molecule has 0 aliphatic heterocycles. The van der Waals surface area contributed by atoms with Gasteiger partial charge in [-0.3, -0.25) is 9.59 Å². The van der Waals surface area contributed by atoms with Crippen LogP contribution in [-0.4, -0.2) is 38.0 Å². The Morgan fingerprint density at radius 3 is 2.07 bits per heavy atom. The number of carbonyl (C=O) groups is 4. The van der Waals surface area contributed by atoms with Crippen molar-refractivity contribution in [3.63, 3.8) is 0 Å². The van der Waals surface area contributed by atoms with Crippen LogP contribution in [0.1, 0.15) is 26.3 Å². The highest BCUT2D eigenvalue weighted by atomic mass is 35.5. The summed E-state index contributed by atoms with van der Waals surface area (Å²) in [4.78, 5) is 48.1. The molecule has 2 aromatic carbocycles. The highest BCUT2D eigenvalue weighted by molar-refractivity contribution is 6.44. The van der Waals surface area contributed by atoms with Crippen molar-refractivity contribution in [3.8, 4) is 0 Å². The van der Waals surface area contributed by atoms with Crippen LogP contribution < -0.4 is 10.6 Å². The van der Waals surface area contributed by atoms with Gasteiger partial charge in [0.2, 0.25) is 0 Å². The fourth-order valence-electron chi connectivity index (χ4n) is 2.28. The molecule has 2 aromatic rings. The summed E-state index contributed by atoms with van der Waals surface area (Å²) in [7, 11) is 2.35. The number of ether oxygens (including phenoxy) is 2. The average Bonchev–Trinajstić information content (AvgIpc) is 2.70. The van der Waals surface area contributed by atoms with Crippen LogP contribution in [0, 0.1) is 6.92 Å². The van der Waals surface area contributed by atoms with Crippen molar-refractivity contribution in [2.45, 2.75) is 6.92 Å². The summed E-state index contributed by atoms with van der Waals surface area (Å²) in [6, 6.07) is 8.69. The first-order valence-electron chi connectivity index (χ1n) is 7.96. The van der Waals surface area contributed by atoms with E-state index in [-0.39, 0.29) is 16.8 Å². The van der Waals surface area contributed by atoms with Crippen LogP contribution in [0.4, 0.5) is 11.4 Å². The summed E-state index contributed by atoms with van der Waals surface area (Å²) >= 11 is 5.99. The lowest BCUT2D eigenvalue weighted by molar-refractivity contribution is -0.133. The van der Waals surface area contributed by atoms with Gasteiger partial charge in [0.05, 0.1) is 31.0 Å². The standard InChI is InChI=1S/C19H17ClN2O6/c1-10-13(20)5-4-6-14(10)21-16(23)17(24)22-15-9-11(18(25)27-2)7-8-12(15)19(26)28-3/h4-9H,1-3H3,(H,21,23)(H,22,24). The number of esters is 2. The molecule has 0 fully saturated rings. The normalized spacial score (nSPS) is 10.0. The maximum absolute atomic E-state index is 12.3. The van der Waals surface area contributed by atoms with E-state index in [1.54, 1.807) is 25.1 Å². The van der Waals surface area contributed by atoms with Crippen molar-refractivity contribution in [1.82, 2.24) is 0 Å². The Morgan fingerprint density at radius 1 is 0.857 bits per heavy atom. The summed E-state index contributed by atoms with van der Waals surface area (Å²) in [6.45, 7) is 1.69. The van der Waals surface area contributed by atoms with Crippen molar-refractivity contribution >= 4 is 46.7 Å². The molecule has 0 atom stereocenters. The van der Waals surface area contributed by atoms with E-state index in [2.05, 4.69) is 20.1 Å². The molecule has 8 nitrogen and oxygen atoms in total. The van der Waals surface area contributed by atoms with Gasteiger partial charge in [0.1, 0.15) is 0 Å². The summed E-state index contributed by atoms with van der Waals surface area (Å²) in [5.41, 5.74) is 0.932. The number of rotatable bonds is 4. The number of halogens is 1. The van der Waals surface area contributed by atoms with E-state index < -0.39 is 23.8 Å². The number of carbonyl (C=O) groups excluding carboxylic acids is 4. The zero-order valence-electron chi connectivity index (χ0n) is 15.3. The minimum atomic E-state index is -1.05. The molecule has 2 N–H and O–H groups in total. The Hall–Kier alpha value is -3.39. The zero-order valence-corrected chi connectivity index (χ0v) is 16.0. The summed E-state index contributed by atoms with van der Waals surface area (Å²) in [6.07, 6.45) is 0. The molecule has 9 heteroatoms. The largest absolute Gasteiger partial charge is 0.465 e. The molecule has 0 aromatic heterocycles. The SMILES string of the molecule is COC(=O)c1ccc(C(=O)OC)c(NC(=O)C(=O)Nc2cccc(Cl)c2C)c1. The monoisotopic (exact) mass is 404 g/mol. The number of methoxy groups -OCH3 is 2. The molecule has 0 aliphatic rings. The van der Waals surface area contributed by atoms with Gasteiger partial charge in [0.25, 0.3) is 0 Å². The van der Waals surface area contributed by atoms with Gasteiger partial charge in [-0.15, -0.1) is 0 Å². The van der Waals surface area contributed by atoms with Crippen LogP contribution >= 0.6 is 11.6 Å². The van der Waals surface area contributed by atoms with Gasteiger partial charge in [0, 0.05) is 10.7 Å². The Labute approximate surface area is 165 Å². The van der Waals surface area contributed by atoms with Crippen LogP contribution in [0.3, 0.4) is 0 Å². The quantitative estimate of drug-likeness (QED) is 0.598. The molecule has 0 radical (unpaired) electrons. The first-order chi connectivity index (χ1) is 13.3. The number of hydrogen-bond donors (Lipinski definition) is 2. The van der Waals surface area contributed by atoms with Gasteiger partial charge in [-0.05, 0) is 42.8 Å². The molecule has 0 spiro atoms. The van der Waals surface area contributed by atoms with Crippen LogP contribution in [0.25, 0.3) is 0 Å². The van der Waals surface area contributed by atoms with Gasteiger partial charge >= 0.3 is 23.8 Å². The van der Waals surface area contributed by atoms with Crippen molar-refractivity contribution in [2.24, 2.45) is 0 Å². The molecule has 0 aliphatic carbocycles. The smallest absolute Gasteiger partial charge is 0.339 e. The molecule has 0 unspecified atom stereocenters. The van der Waals surface area contributed by atoms with Crippen LogP contribution in [0.5, 0.6) is 0 Å². The molecule has 2 rings (SSSR count). The highest BCUT2D eigenvalue weighted by Crippen LogP contribution is 2.23. The van der Waals surface area contributed by atoms with Crippen LogP contribution in [-0.2, 0) is 19.1 Å². The second-order valence-corrected chi connectivity index (χ2v) is 5.97. The van der Waals surface area contributed by atoms with E-state index in [9.17, 15) is 19.2 Å². The number of benzene rings is 2. The maximum atomic E-state index is 12.3. The molecular formula is C19H17ClN2O6. The third kappa shape index (κ3) is 4.66. The highest BCUT2D eigenvalue weighted by Gasteiger charge is 2.21. The van der Waals surface area contributed by atoms with Crippen molar-refractivity contribution in [1.29, 1.82) is 0 Å². The maximum Gasteiger partial charge on any atom is 0.339 e. The van der Waals surface area contributed by atoms with Gasteiger partial charge < -0.3 is 20.1 Å². The lowest BCUT2D eigenvalue weighted by Gasteiger charge is -2.12. The molecule has 146 valence electrons. The Bertz CT molecular complexity index is 957. The van der Waals surface area contributed by atoms with E-state index in [1.165, 1.54) is 25.3 Å². The average molecular weight is 405 g/mol. The van der Waals surface area contributed by atoms with Gasteiger partial charge in [0.15, 0.2) is 0 Å². The predicted octanol–water partition coefficient (Wildman–Crippen LogP) is 2.80. The second kappa shape index (κ2) is 9.01. The minimum absolute atomic E-state index is 0.0322. The number of amides is 2. The third-order valence-corrected chi connectivity index (χ3v) is 4.23. The van der Waals surface area contributed by atoms with Gasteiger partial charge in [-0.25, -0.2) is 9.59 Å². The van der Waals surface area contributed by atoms with E-state index in [0.717, 1.165) is 7.11 Å². The molecule has 0 heterocycles. The fourth-order valence-corrected chi connectivity index (χ4v) is 2.46. The van der Waals surface area contributed by atoms with Crippen LogP contribution in [0.15, 0.2) is 36.4 Å². The fraction of sp³-hybridized carbons (Fsp3) is 0.158. The lowest BCUT2D eigenvalue weighted by atomic mass is 10.1. The Morgan fingerprint density at radius 2 is 1.46 bits per heavy atom. The van der Waals surface area contributed by atoms with Crippen LogP contribution in [0.2, 0.25) is 5.02 Å². The van der Waals surface area contributed by atoms with E-state index in [0.29, 0.717) is 16.3 Å². The summed E-state index contributed by atoms with van der Waals surface area (Å²) < 4.78 is 9.26. The minimum Gasteiger partial charge on any atom is -0.465 e. The number of anilines is 2. The van der Waals surface area contributed by atoms with Gasteiger partial charge in [-0.2, -0.15) is 0 Å². The molecular weight excluding hydrogens is 388 g/mol. The summed E-state index contributed by atoms with van der Waals surface area (Å²) in [5, 5.41) is 5.17. The third-order valence-electron chi connectivity index (χ3n) is 3.82. The van der Waals surface area contributed by atoms with Gasteiger partial charge in [-0.1, -0.05) is 17.7 Å². The van der Waals surface area contributed by atoms with E-state index in [4.69, 9.17) is 11.6 Å². The van der Waals surface area contributed by atoms with Crippen molar-refractivity contribution < 1.29 is 28.7 Å². The Balaban J connectivity index is 2.28. The molecule has 2 amide bonds. The molecule has 0 saturated carbocycles. The molecule has 0 saturated heterocycles. The summed E-state index contributed by atoms with van der Waals surface area (Å²) in [5.74, 6) is -3.46. The van der Waals surface area contributed by atoms with Crippen molar-refractivity contribution in [3.05, 3.63) is 58.1 Å².